The molecule has 120 valence electrons. The maximum absolute atomic E-state index is 12.2. The number of fused-ring (bicyclic) bond motifs is 1. The highest BCUT2D eigenvalue weighted by atomic mass is 35.5. The zero-order valence-electron chi connectivity index (χ0n) is 12.7. The van der Waals surface area contributed by atoms with E-state index in [0.717, 1.165) is 23.4 Å². The van der Waals surface area contributed by atoms with Gasteiger partial charge in [0, 0.05) is 35.2 Å². The summed E-state index contributed by atoms with van der Waals surface area (Å²) in [4.78, 5) is 3.20. The molecular weight excluding hydrogens is 320 g/mol. The first kappa shape index (κ1) is 15.8. The van der Waals surface area contributed by atoms with E-state index in [1.54, 1.807) is 4.31 Å². The number of hydrogen-bond acceptors (Lipinski definition) is 2. The first-order chi connectivity index (χ1) is 10.5. The predicted molar refractivity (Wildman–Crippen MR) is 90.9 cm³/mol. The Morgan fingerprint density at radius 1 is 1.32 bits per heavy atom. The van der Waals surface area contributed by atoms with E-state index in [1.807, 2.05) is 25.3 Å². The van der Waals surface area contributed by atoms with Gasteiger partial charge in [0.15, 0.2) is 0 Å². The average Bonchev–Trinajstić information content (AvgIpc) is 2.94. The maximum Gasteiger partial charge on any atom is 0.214 e. The molecule has 1 fully saturated rings. The van der Waals surface area contributed by atoms with Crippen molar-refractivity contribution < 1.29 is 8.42 Å². The third kappa shape index (κ3) is 3.03. The van der Waals surface area contributed by atoms with Crippen LogP contribution in [-0.4, -0.2) is 36.5 Å². The Morgan fingerprint density at radius 3 is 2.73 bits per heavy atom. The van der Waals surface area contributed by atoms with E-state index in [1.165, 1.54) is 10.9 Å². The SMILES string of the molecule is CCCS(=O)(=O)N1CCC(c2cc(Cl)cc3[nH]ccc23)CC1. The van der Waals surface area contributed by atoms with Crippen molar-refractivity contribution in [1.82, 2.24) is 9.29 Å². The van der Waals surface area contributed by atoms with Crippen molar-refractivity contribution in [3.63, 3.8) is 0 Å². The molecule has 0 radical (unpaired) electrons. The molecule has 6 heteroatoms. The van der Waals surface area contributed by atoms with Crippen molar-refractivity contribution >= 4 is 32.5 Å². The van der Waals surface area contributed by atoms with E-state index in [0.29, 0.717) is 25.4 Å². The molecule has 0 atom stereocenters. The number of benzene rings is 1. The van der Waals surface area contributed by atoms with E-state index in [4.69, 9.17) is 11.6 Å². The molecule has 1 N–H and O–H groups in total. The van der Waals surface area contributed by atoms with Gasteiger partial charge in [-0.05, 0) is 48.9 Å². The van der Waals surface area contributed by atoms with Crippen LogP contribution in [0.25, 0.3) is 10.9 Å². The van der Waals surface area contributed by atoms with Gasteiger partial charge >= 0.3 is 0 Å². The molecule has 4 nitrogen and oxygen atoms in total. The molecule has 0 saturated carbocycles. The Labute approximate surface area is 136 Å². The minimum absolute atomic E-state index is 0.247. The highest BCUT2D eigenvalue weighted by Crippen LogP contribution is 2.35. The monoisotopic (exact) mass is 340 g/mol. The van der Waals surface area contributed by atoms with Crippen molar-refractivity contribution in [2.24, 2.45) is 0 Å². The molecule has 1 aliphatic heterocycles. The number of piperidine rings is 1. The first-order valence-corrected chi connectivity index (χ1v) is 9.74. The Morgan fingerprint density at radius 2 is 2.05 bits per heavy atom. The number of hydrogen-bond donors (Lipinski definition) is 1. The average molecular weight is 341 g/mol. The summed E-state index contributed by atoms with van der Waals surface area (Å²) in [5, 5.41) is 1.92. The lowest BCUT2D eigenvalue weighted by Gasteiger charge is -2.31. The summed E-state index contributed by atoms with van der Waals surface area (Å²) in [6, 6.07) is 6.03. The van der Waals surface area contributed by atoms with E-state index in [9.17, 15) is 8.42 Å². The maximum atomic E-state index is 12.2. The number of halogens is 1. The number of nitrogens with one attached hydrogen (secondary N) is 1. The van der Waals surface area contributed by atoms with E-state index in [-0.39, 0.29) is 5.75 Å². The van der Waals surface area contributed by atoms with Gasteiger partial charge in [-0.15, -0.1) is 0 Å². The van der Waals surface area contributed by atoms with Gasteiger partial charge in [0.2, 0.25) is 10.0 Å². The smallest absolute Gasteiger partial charge is 0.214 e. The molecule has 0 bridgehead atoms. The fourth-order valence-electron chi connectivity index (χ4n) is 3.33. The number of nitrogens with zero attached hydrogens (tertiary/aromatic N) is 1. The summed E-state index contributed by atoms with van der Waals surface area (Å²) in [7, 11) is -3.08. The molecule has 1 aromatic heterocycles. The van der Waals surface area contributed by atoms with Gasteiger partial charge in [-0.2, -0.15) is 0 Å². The Bertz CT molecular complexity index is 762. The quantitative estimate of drug-likeness (QED) is 0.921. The molecule has 3 rings (SSSR count). The zero-order valence-corrected chi connectivity index (χ0v) is 14.3. The second-order valence-corrected chi connectivity index (χ2v) is 8.45. The van der Waals surface area contributed by atoms with Crippen molar-refractivity contribution in [2.45, 2.75) is 32.1 Å². The van der Waals surface area contributed by atoms with Crippen LogP contribution in [0.1, 0.15) is 37.7 Å². The van der Waals surface area contributed by atoms with Crippen molar-refractivity contribution in [3.05, 3.63) is 35.0 Å². The van der Waals surface area contributed by atoms with Crippen LogP contribution in [0, 0.1) is 0 Å². The molecular formula is C16H21ClN2O2S. The summed E-state index contributed by atoms with van der Waals surface area (Å²) in [5.41, 5.74) is 2.28. The van der Waals surface area contributed by atoms with Crippen LogP contribution in [0.15, 0.2) is 24.4 Å². The molecule has 1 saturated heterocycles. The number of rotatable bonds is 4. The molecule has 0 unspecified atom stereocenters. The molecule has 1 aromatic carbocycles. The fourth-order valence-corrected chi connectivity index (χ4v) is 5.10. The van der Waals surface area contributed by atoms with Gasteiger partial charge in [-0.3, -0.25) is 0 Å². The third-order valence-electron chi connectivity index (χ3n) is 4.41. The predicted octanol–water partition coefficient (Wildman–Crippen LogP) is 3.74. The van der Waals surface area contributed by atoms with Gasteiger partial charge in [0.1, 0.15) is 0 Å². The Hall–Kier alpha value is -1.04. The summed E-state index contributed by atoms with van der Waals surface area (Å²) in [5.74, 6) is 0.613. The molecule has 0 spiro atoms. The van der Waals surface area contributed by atoms with Gasteiger partial charge < -0.3 is 4.98 Å². The fraction of sp³-hybridized carbons (Fsp3) is 0.500. The third-order valence-corrected chi connectivity index (χ3v) is 6.71. The number of sulfonamides is 1. The highest BCUT2D eigenvalue weighted by molar-refractivity contribution is 7.89. The molecule has 0 aliphatic carbocycles. The normalized spacial score (nSPS) is 18.1. The second kappa shape index (κ2) is 6.22. The second-order valence-electron chi connectivity index (χ2n) is 5.92. The zero-order chi connectivity index (χ0) is 15.7. The number of aromatic nitrogens is 1. The lowest BCUT2D eigenvalue weighted by molar-refractivity contribution is 0.320. The van der Waals surface area contributed by atoms with Gasteiger partial charge in [0.05, 0.1) is 5.75 Å². The molecule has 22 heavy (non-hydrogen) atoms. The first-order valence-electron chi connectivity index (χ1n) is 7.75. The lowest BCUT2D eigenvalue weighted by Crippen LogP contribution is -2.39. The molecule has 1 aliphatic rings. The topological polar surface area (TPSA) is 53.2 Å². The largest absolute Gasteiger partial charge is 0.361 e. The van der Waals surface area contributed by atoms with Crippen LogP contribution >= 0.6 is 11.6 Å². The van der Waals surface area contributed by atoms with Crippen LogP contribution in [0.2, 0.25) is 5.02 Å². The van der Waals surface area contributed by atoms with E-state index in [2.05, 4.69) is 11.1 Å². The Kier molecular flexibility index (Phi) is 4.48. The minimum Gasteiger partial charge on any atom is -0.361 e. The van der Waals surface area contributed by atoms with Crippen LogP contribution in [0.5, 0.6) is 0 Å². The van der Waals surface area contributed by atoms with Gasteiger partial charge in [0.25, 0.3) is 0 Å². The van der Waals surface area contributed by atoms with Crippen molar-refractivity contribution in [3.8, 4) is 0 Å². The van der Waals surface area contributed by atoms with Gasteiger partial charge in [-0.25, -0.2) is 12.7 Å². The van der Waals surface area contributed by atoms with Crippen LogP contribution < -0.4 is 0 Å². The summed E-state index contributed by atoms with van der Waals surface area (Å²) >= 11 is 6.22. The molecule has 2 aromatic rings. The van der Waals surface area contributed by atoms with Crippen molar-refractivity contribution in [1.29, 1.82) is 0 Å². The van der Waals surface area contributed by atoms with E-state index >= 15 is 0 Å². The van der Waals surface area contributed by atoms with Crippen LogP contribution in [-0.2, 0) is 10.0 Å². The lowest BCUT2D eigenvalue weighted by atomic mass is 9.88. The van der Waals surface area contributed by atoms with Gasteiger partial charge in [-0.1, -0.05) is 18.5 Å². The number of H-pyrrole nitrogens is 1. The molecule has 2 heterocycles. The highest BCUT2D eigenvalue weighted by Gasteiger charge is 2.28. The number of aromatic amines is 1. The summed E-state index contributed by atoms with van der Waals surface area (Å²) in [6.45, 7) is 3.11. The summed E-state index contributed by atoms with van der Waals surface area (Å²) < 4.78 is 26.0. The minimum atomic E-state index is -3.08. The summed E-state index contributed by atoms with van der Waals surface area (Å²) in [6.07, 6.45) is 4.29. The molecule has 0 amide bonds. The van der Waals surface area contributed by atoms with Crippen LogP contribution in [0.4, 0.5) is 0 Å². The van der Waals surface area contributed by atoms with E-state index < -0.39 is 10.0 Å². The van der Waals surface area contributed by atoms with Crippen molar-refractivity contribution in [2.75, 3.05) is 18.8 Å². The Balaban J connectivity index is 1.80. The van der Waals surface area contributed by atoms with Crippen LogP contribution in [0.3, 0.4) is 0 Å². The standard InChI is InChI=1S/C16H21ClN2O2S/c1-2-9-22(20,21)19-7-4-12(5-8-19)15-10-13(17)11-16-14(15)3-6-18-16/h3,6,10-12,18H,2,4-5,7-9H2,1H3.